The van der Waals surface area contributed by atoms with Crippen molar-refractivity contribution in [1.29, 1.82) is 0 Å². The monoisotopic (exact) mass is 330 g/mol. The Balaban J connectivity index is 2.05. The van der Waals surface area contributed by atoms with Gasteiger partial charge in [0.15, 0.2) is 5.75 Å². The molecular formula is C16H14N2O4S. The van der Waals surface area contributed by atoms with E-state index in [0.717, 1.165) is 5.56 Å². The minimum atomic E-state index is -3.95. The zero-order valence-corrected chi connectivity index (χ0v) is 13.4. The lowest BCUT2D eigenvalue weighted by atomic mass is 10.2. The number of hydrogen-bond acceptors (Lipinski definition) is 6. The van der Waals surface area contributed by atoms with Crippen LogP contribution in [-0.4, -0.2) is 25.5 Å². The van der Waals surface area contributed by atoms with E-state index in [4.69, 9.17) is 8.92 Å². The molecule has 0 saturated carbocycles. The Morgan fingerprint density at radius 1 is 1.00 bits per heavy atom. The first kappa shape index (κ1) is 15.2. The molecule has 118 valence electrons. The largest absolute Gasteiger partial charge is 0.481 e. The number of methoxy groups -OCH3 is 1. The van der Waals surface area contributed by atoms with Crippen LogP contribution in [0.25, 0.3) is 11.0 Å². The van der Waals surface area contributed by atoms with Gasteiger partial charge < -0.3 is 8.92 Å². The molecule has 23 heavy (non-hydrogen) atoms. The molecule has 0 unspecified atom stereocenters. The lowest BCUT2D eigenvalue weighted by molar-refractivity contribution is 0.399. The van der Waals surface area contributed by atoms with Gasteiger partial charge in [0.2, 0.25) is 5.88 Å². The highest BCUT2D eigenvalue weighted by molar-refractivity contribution is 7.87. The fraction of sp³-hybridized carbons (Fsp3) is 0.125. The number of fused-ring (bicyclic) bond motifs is 1. The van der Waals surface area contributed by atoms with E-state index in [1.165, 1.54) is 31.5 Å². The fourth-order valence-corrected chi connectivity index (χ4v) is 2.97. The molecule has 2 aromatic heterocycles. The maximum Gasteiger partial charge on any atom is 0.339 e. The molecule has 2 heterocycles. The van der Waals surface area contributed by atoms with E-state index in [0.29, 0.717) is 16.9 Å². The Bertz CT molecular complexity index is 953. The summed E-state index contributed by atoms with van der Waals surface area (Å²) in [5.41, 5.74) is 1.80. The van der Waals surface area contributed by atoms with Gasteiger partial charge in [-0.2, -0.15) is 8.42 Å². The highest BCUT2D eigenvalue weighted by Crippen LogP contribution is 2.27. The molecule has 0 bridgehead atoms. The van der Waals surface area contributed by atoms with Crippen LogP contribution < -0.4 is 8.92 Å². The molecule has 0 fully saturated rings. The van der Waals surface area contributed by atoms with Gasteiger partial charge in [0.05, 0.1) is 12.6 Å². The second kappa shape index (κ2) is 5.85. The Morgan fingerprint density at radius 2 is 1.74 bits per heavy atom. The Morgan fingerprint density at radius 3 is 2.43 bits per heavy atom. The van der Waals surface area contributed by atoms with Gasteiger partial charge in [0.25, 0.3) is 0 Å². The number of pyridine rings is 2. The van der Waals surface area contributed by atoms with Crippen molar-refractivity contribution in [2.24, 2.45) is 0 Å². The first-order valence-corrected chi connectivity index (χ1v) is 8.21. The average molecular weight is 330 g/mol. The van der Waals surface area contributed by atoms with Crippen molar-refractivity contribution in [2.45, 2.75) is 11.8 Å². The summed E-state index contributed by atoms with van der Waals surface area (Å²) in [7, 11) is -2.47. The normalized spacial score (nSPS) is 11.4. The molecule has 0 N–H and O–H groups in total. The molecule has 0 aliphatic rings. The van der Waals surface area contributed by atoms with Crippen molar-refractivity contribution in [3.63, 3.8) is 0 Å². The summed E-state index contributed by atoms with van der Waals surface area (Å²) in [4.78, 5) is 8.43. The lowest BCUT2D eigenvalue weighted by Gasteiger charge is -2.09. The van der Waals surface area contributed by atoms with Crippen LogP contribution in [0.2, 0.25) is 0 Å². The van der Waals surface area contributed by atoms with Crippen molar-refractivity contribution in [3.05, 3.63) is 54.2 Å². The number of ether oxygens (including phenoxy) is 1. The third kappa shape index (κ3) is 3.09. The minimum absolute atomic E-state index is 0.0796. The standard InChI is InChI=1S/C16H14N2O4S/c1-11-3-5-12(6-4-11)23(19,20)22-14-9-10-17-13-7-8-15(21-2)18-16(13)14/h3-10H,1-2H3. The van der Waals surface area contributed by atoms with Crippen LogP contribution in [0.1, 0.15) is 5.56 Å². The van der Waals surface area contributed by atoms with Crippen LogP contribution in [-0.2, 0) is 10.1 Å². The lowest BCUT2D eigenvalue weighted by Crippen LogP contribution is -2.10. The summed E-state index contributed by atoms with van der Waals surface area (Å²) in [5, 5.41) is 0. The van der Waals surface area contributed by atoms with E-state index in [9.17, 15) is 8.42 Å². The maximum absolute atomic E-state index is 12.4. The molecule has 0 atom stereocenters. The fourth-order valence-electron chi connectivity index (χ4n) is 2.04. The predicted octanol–water partition coefficient (Wildman–Crippen LogP) is 2.71. The Kier molecular flexibility index (Phi) is 3.87. The summed E-state index contributed by atoms with van der Waals surface area (Å²) < 4.78 is 35.1. The Hall–Kier alpha value is -2.67. The third-order valence-electron chi connectivity index (χ3n) is 3.24. The van der Waals surface area contributed by atoms with Gasteiger partial charge >= 0.3 is 10.1 Å². The van der Waals surface area contributed by atoms with Gasteiger partial charge in [-0.05, 0) is 25.1 Å². The second-order valence-corrected chi connectivity index (χ2v) is 6.43. The van der Waals surface area contributed by atoms with Gasteiger partial charge in [-0.15, -0.1) is 0 Å². The number of aryl methyl sites for hydroxylation is 1. The number of nitrogens with zero attached hydrogens (tertiary/aromatic N) is 2. The molecule has 0 spiro atoms. The highest BCUT2D eigenvalue weighted by atomic mass is 32.2. The average Bonchev–Trinajstić information content (AvgIpc) is 2.55. The van der Waals surface area contributed by atoms with E-state index in [1.807, 2.05) is 6.92 Å². The second-order valence-electron chi connectivity index (χ2n) is 4.88. The molecule has 7 heteroatoms. The highest BCUT2D eigenvalue weighted by Gasteiger charge is 2.19. The predicted molar refractivity (Wildman–Crippen MR) is 85.1 cm³/mol. The van der Waals surface area contributed by atoms with Gasteiger partial charge in [-0.25, -0.2) is 4.98 Å². The van der Waals surface area contributed by atoms with E-state index in [2.05, 4.69) is 9.97 Å². The van der Waals surface area contributed by atoms with Gasteiger partial charge in [-0.1, -0.05) is 17.7 Å². The smallest absolute Gasteiger partial charge is 0.339 e. The molecule has 0 aliphatic heterocycles. The minimum Gasteiger partial charge on any atom is -0.481 e. The number of aromatic nitrogens is 2. The van der Waals surface area contributed by atoms with Gasteiger partial charge in [0, 0.05) is 18.3 Å². The molecule has 0 aliphatic carbocycles. The molecule has 6 nitrogen and oxygen atoms in total. The van der Waals surface area contributed by atoms with Crippen LogP contribution in [0.3, 0.4) is 0 Å². The van der Waals surface area contributed by atoms with Crippen molar-refractivity contribution >= 4 is 21.2 Å². The van der Waals surface area contributed by atoms with Crippen LogP contribution in [0, 0.1) is 6.92 Å². The SMILES string of the molecule is COc1ccc2nccc(OS(=O)(=O)c3ccc(C)cc3)c2n1. The van der Waals surface area contributed by atoms with Crippen LogP contribution in [0.15, 0.2) is 53.6 Å². The van der Waals surface area contributed by atoms with E-state index < -0.39 is 10.1 Å². The van der Waals surface area contributed by atoms with Crippen LogP contribution in [0.5, 0.6) is 11.6 Å². The first-order chi connectivity index (χ1) is 11.0. The molecule has 0 radical (unpaired) electrons. The molecule has 0 saturated heterocycles. The van der Waals surface area contributed by atoms with Crippen molar-refractivity contribution in [1.82, 2.24) is 9.97 Å². The summed E-state index contributed by atoms with van der Waals surface area (Å²) in [6.07, 6.45) is 1.47. The van der Waals surface area contributed by atoms with Crippen molar-refractivity contribution < 1.29 is 17.3 Å². The summed E-state index contributed by atoms with van der Waals surface area (Å²) in [6, 6.07) is 11.2. The number of rotatable bonds is 4. The van der Waals surface area contributed by atoms with Crippen LogP contribution in [0.4, 0.5) is 0 Å². The maximum atomic E-state index is 12.4. The van der Waals surface area contributed by atoms with Crippen molar-refractivity contribution in [2.75, 3.05) is 7.11 Å². The molecule has 0 amide bonds. The number of benzene rings is 1. The summed E-state index contributed by atoms with van der Waals surface area (Å²) in [6.45, 7) is 1.88. The molecule has 3 rings (SSSR count). The van der Waals surface area contributed by atoms with E-state index >= 15 is 0 Å². The van der Waals surface area contributed by atoms with E-state index in [-0.39, 0.29) is 10.6 Å². The zero-order valence-electron chi connectivity index (χ0n) is 12.6. The topological polar surface area (TPSA) is 78.4 Å². The first-order valence-electron chi connectivity index (χ1n) is 6.80. The molecule has 3 aromatic rings. The quantitative estimate of drug-likeness (QED) is 0.684. The van der Waals surface area contributed by atoms with Gasteiger partial charge in [-0.3, -0.25) is 4.98 Å². The molecular weight excluding hydrogens is 316 g/mol. The number of hydrogen-bond donors (Lipinski definition) is 0. The molecule has 1 aromatic carbocycles. The third-order valence-corrected chi connectivity index (χ3v) is 4.49. The Labute approximate surface area is 133 Å². The summed E-state index contributed by atoms with van der Waals surface area (Å²) in [5.74, 6) is 0.456. The van der Waals surface area contributed by atoms with Gasteiger partial charge in [0.1, 0.15) is 10.4 Å². The zero-order chi connectivity index (χ0) is 16.4. The van der Waals surface area contributed by atoms with E-state index in [1.54, 1.807) is 24.3 Å². The summed E-state index contributed by atoms with van der Waals surface area (Å²) >= 11 is 0. The van der Waals surface area contributed by atoms with Crippen LogP contribution >= 0.6 is 0 Å². The van der Waals surface area contributed by atoms with Crippen molar-refractivity contribution in [3.8, 4) is 11.6 Å².